The molecule has 3 heterocycles. The molecule has 2 aromatic heterocycles. The van der Waals surface area contributed by atoms with Gasteiger partial charge >= 0.3 is 0 Å². The maximum absolute atomic E-state index is 11.7. The lowest BCUT2D eigenvalue weighted by Gasteiger charge is -2.13. The molecule has 0 saturated heterocycles. The van der Waals surface area contributed by atoms with Gasteiger partial charge in [-0.05, 0) is 25.1 Å². The average Bonchev–Trinajstić information content (AvgIpc) is 2.94. The number of aromatic nitrogens is 2. The summed E-state index contributed by atoms with van der Waals surface area (Å²) in [6, 6.07) is 8.45. The molecule has 0 spiro atoms. The molecule has 0 fully saturated rings. The summed E-state index contributed by atoms with van der Waals surface area (Å²) < 4.78 is 5.53. The number of amides is 1. The van der Waals surface area contributed by atoms with E-state index in [1.54, 1.807) is 18.3 Å². The molecule has 136 valence electrons. The maximum atomic E-state index is 11.7. The van der Waals surface area contributed by atoms with Crippen LogP contribution in [0, 0.1) is 6.92 Å². The first-order valence-electron chi connectivity index (χ1n) is 8.29. The Hall–Kier alpha value is -3.19. The zero-order valence-corrected chi connectivity index (χ0v) is 15.2. The minimum atomic E-state index is -0.615. The standard InChI is InChI=1S/C19H16ClN5O2/c1-9-15-12-6-7-23-19(22)16(12)17(10-2-4-11(20)5-3-10)24-13(8-14(21)26)18(15)27-25-9/h2-7,13H,8H2,1H3,(H2,21,26)(H2,22,23). The summed E-state index contributed by atoms with van der Waals surface area (Å²) in [6.45, 7) is 1.83. The molecular weight excluding hydrogens is 366 g/mol. The van der Waals surface area contributed by atoms with Gasteiger partial charge in [0.25, 0.3) is 0 Å². The SMILES string of the molecule is Cc1noc2c1-c1ccnc(N)c1C(c1ccc(Cl)cc1)=NC2CC(N)=O. The third-order valence-corrected chi connectivity index (χ3v) is 4.73. The van der Waals surface area contributed by atoms with E-state index in [4.69, 9.17) is 32.6 Å². The zero-order chi connectivity index (χ0) is 19.1. The first kappa shape index (κ1) is 17.2. The lowest BCUT2D eigenvalue weighted by Crippen LogP contribution is -2.15. The van der Waals surface area contributed by atoms with E-state index in [0.29, 0.717) is 33.6 Å². The Morgan fingerprint density at radius 2 is 1.96 bits per heavy atom. The number of carbonyl (C=O) groups excluding carboxylic acids is 1. The molecule has 1 aliphatic heterocycles. The van der Waals surface area contributed by atoms with E-state index in [1.807, 2.05) is 25.1 Å². The number of carbonyl (C=O) groups is 1. The third-order valence-electron chi connectivity index (χ3n) is 4.48. The lowest BCUT2D eigenvalue weighted by molar-refractivity contribution is -0.118. The van der Waals surface area contributed by atoms with Gasteiger partial charge in [-0.25, -0.2) is 4.98 Å². The van der Waals surface area contributed by atoms with Crippen molar-refractivity contribution in [3.05, 3.63) is 64.1 Å². The van der Waals surface area contributed by atoms with E-state index in [-0.39, 0.29) is 6.42 Å². The number of pyridine rings is 1. The van der Waals surface area contributed by atoms with Gasteiger partial charge in [0, 0.05) is 22.3 Å². The monoisotopic (exact) mass is 381 g/mol. The second-order valence-electron chi connectivity index (χ2n) is 6.30. The number of anilines is 1. The number of aliphatic imine (C=N–C) groups is 1. The first-order valence-corrected chi connectivity index (χ1v) is 8.67. The van der Waals surface area contributed by atoms with Crippen molar-refractivity contribution in [2.24, 2.45) is 10.7 Å². The molecule has 0 radical (unpaired) electrons. The van der Waals surface area contributed by atoms with Crippen LogP contribution in [0.1, 0.15) is 35.0 Å². The van der Waals surface area contributed by atoms with Crippen LogP contribution in [-0.4, -0.2) is 21.8 Å². The summed E-state index contributed by atoms with van der Waals surface area (Å²) in [5, 5.41) is 4.66. The quantitative estimate of drug-likeness (QED) is 0.722. The van der Waals surface area contributed by atoms with Gasteiger partial charge in [0.1, 0.15) is 11.9 Å². The molecule has 8 heteroatoms. The van der Waals surface area contributed by atoms with Crippen LogP contribution in [0.3, 0.4) is 0 Å². The Balaban J connectivity index is 2.04. The molecule has 27 heavy (non-hydrogen) atoms. The van der Waals surface area contributed by atoms with Crippen molar-refractivity contribution < 1.29 is 9.32 Å². The van der Waals surface area contributed by atoms with Crippen molar-refractivity contribution in [3.63, 3.8) is 0 Å². The molecule has 0 aliphatic carbocycles. The highest BCUT2D eigenvalue weighted by Gasteiger charge is 2.32. The van der Waals surface area contributed by atoms with Crippen molar-refractivity contribution in [1.82, 2.24) is 10.1 Å². The van der Waals surface area contributed by atoms with Crippen LogP contribution in [0.25, 0.3) is 11.1 Å². The van der Waals surface area contributed by atoms with Gasteiger partial charge in [0.2, 0.25) is 5.91 Å². The molecule has 4 N–H and O–H groups in total. The van der Waals surface area contributed by atoms with Gasteiger partial charge in [-0.3, -0.25) is 9.79 Å². The largest absolute Gasteiger partial charge is 0.383 e. The normalized spacial score (nSPS) is 15.5. The summed E-state index contributed by atoms with van der Waals surface area (Å²) in [6.07, 6.45) is 1.61. The first-order chi connectivity index (χ1) is 13.0. The summed E-state index contributed by atoms with van der Waals surface area (Å²) in [5.74, 6) is 0.325. The van der Waals surface area contributed by atoms with E-state index in [1.165, 1.54) is 0 Å². The van der Waals surface area contributed by atoms with Gasteiger partial charge < -0.3 is 16.0 Å². The lowest BCUT2D eigenvalue weighted by atomic mass is 9.93. The highest BCUT2D eigenvalue weighted by molar-refractivity contribution is 6.30. The van der Waals surface area contributed by atoms with Crippen LogP contribution in [0.4, 0.5) is 5.82 Å². The number of rotatable bonds is 3. The predicted molar refractivity (Wildman–Crippen MR) is 103 cm³/mol. The second-order valence-corrected chi connectivity index (χ2v) is 6.73. The van der Waals surface area contributed by atoms with E-state index in [2.05, 4.69) is 10.1 Å². The zero-order valence-electron chi connectivity index (χ0n) is 14.4. The molecule has 1 aromatic carbocycles. The van der Waals surface area contributed by atoms with E-state index >= 15 is 0 Å². The number of hydrogen-bond donors (Lipinski definition) is 2. The van der Waals surface area contributed by atoms with Crippen LogP contribution in [0.5, 0.6) is 0 Å². The minimum Gasteiger partial charge on any atom is -0.383 e. The molecule has 1 atom stereocenters. The van der Waals surface area contributed by atoms with Crippen LogP contribution >= 0.6 is 11.6 Å². The van der Waals surface area contributed by atoms with Crippen LogP contribution in [0.2, 0.25) is 5.02 Å². The minimum absolute atomic E-state index is 0.0138. The number of hydrogen-bond acceptors (Lipinski definition) is 6. The summed E-state index contributed by atoms with van der Waals surface area (Å²) in [5.41, 5.74) is 16.0. The predicted octanol–water partition coefficient (Wildman–Crippen LogP) is 3.05. The van der Waals surface area contributed by atoms with Crippen molar-refractivity contribution in [2.75, 3.05) is 5.73 Å². The Kier molecular flexibility index (Phi) is 4.16. The number of benzene rings is 1. The smallest absolute Gasteiger partial charge is 0.220 e. The topological polar surface area (TPSA) is 120 Å². The number of primary amides is 1. The molecule has 1 aliphatic rings. The fourth-order valence-electron chi connectivity index (χ4n) is 3.31. The molecule has 7 nitrogen and oxygen atoms in total. The number of nitrogen functional groups attached to an aromatic ring is 1. The summed E-state index contributed by atoms with van der Waals surface area (Å²) in [7, 11) is 0. The number of halogens is 1. The molecule has 3 aromatic rings. The molecule has 4 rings (SSSR count). The van der Waals surface area contributed by atoms with Crippen molar-refractivity contribution in [3.8, 4) is 11.1 Å². The average molecular weight is 382 g/mol. The molecule has 0 bridgehead atoms. The second kappa shape index (κ2) is 6.51. The van der Waals surface area contributed by atoms with Gasteiger partial charge in [-0.2, -0.15) is 0 Å². The number of nitrogens with zero attached hydrogens (tertiary/aromatic N) is 3. The highest BCUT2D eigenvalue weighted by atomic mass is 35.5. The van der Waals surface area contributed by atoms with E-state index < -0.39 is 11.9 Å². The van der Waals surface area contributed by atoms with Crippen molar-refractivity contribution >= 4 is 29.0 Å². The van der Waals surface area contributed by atoms with Gasteiger partial charge in [0.05, 0.1) is 29.0 Å². The Bertz CT molecular complexity index is 1070. The summed E-state index contributed by atoms with van der Waals surface area (Å²) in [4.78, 5) is 20.7. The van der Waals surface area contributed by atoms with Gasteiger partial charge in [-0.1, -0.05) is 28.9 Å². The summed E-state index contributed by atoms with van der Waals surface area (Å²) >= 11 is 6.03. The Morgan fingerprint density at radius 3 is 2.67 bits per heavy atom. The van der Waals surface area contributed by atoms with Crippen LogP contribution in [0.15, 0.2) is 46.0 Å². The van der Waals surface area contributed by atoms with E-state index in [9.17, 15) is 4.79 Å². The van der Waals surface area contributed by atoms with Crippen molar-refractivity contribution in [1.29, 1.82) is 0 Å². The van der Waals surface area contributed by atoms with E-state index in [0.717, 1.165) is 16.7 Å². The number of aryl methyl sites for hydroxylation is 1. The molecular formula is C19H16ClN5O2. The number of nitrogens with two attached hydrogens (primary N) is 2. The third kappa shape index (κ3) is 2.96. The van der Waals surface area contributed by atoms with Crippen molar-refractivity contribution in [2.45, 2.75) is 19.4 Å². The Morgan fingerprint density at radius 1 is 1.22 bits per heavy atom. The Labute approximate surface area is 160 Å². The number of fused-ring (bicyclic) bond motifs is 3. The van der Waals surface area contributed by atoms with Gasteiger partial charge in [-0.15, -0.1) is 0 Å². The molecule has 1 unspecified atom stereocenters. The van der Waals surface area contributed by atoms with Crippen LogP contribution in [-0.2, 0) is 4.79 Å². The fourth-order valence-corrected chi connectivity index (χ4v) is 3.44. The van der Waals surface area contributed by atoms with Crippen LogP contribution < -0.4 is 11.5 Å². The van der Waals surface area contributed by atoms with Gasteiger partial charge in [0.15, 0.2) is 5.76 Å². The molecule has 0 saturated carbocycles. The fraction of sp³-hybridized carbons (Fsp3) is 0.158. The highest BCUT2D eigenvalue weighted by Crippen LogP contribution is 2.41. The molecule has 1 amide bonds. The maximum Gasteiger partial charge on any atom is 0.220 e.